The maximum atomic E-state index is 12.2. The number of likely N-dealkylation sites (tertiary alicyclic amines) is 1. The smallest absolute Gasteiger partial charge is 0.226 e. The number of hydrogen-bond donors (Lipinski definition) is 1. The molecule has 2 atom stereocenters. The van der Waals surface area contributed by atoms with Crippen molar-refractivity contribution in [1.82, 2.24) is 4.90 Å². The molecule has 1 aromatic carbocycles. The van der Waals surface area contributed by atoms with Crippen molar-refractivity contribution in [3.8, 4) is 0 Å². The number of carbonyl (C=O) groups is 1. The zero-order valence-electron chi connectivity index (χ0n) is 12.1. The van der Waals surface area contributed by atoms with Gasteiger partial charge in [-0.25, -0.2) is 0 Å². The third-order valence-corrected chi connectivity index (χ3v) is 4.09. The van der Waals surface area contributed by atoms with Gasteiger partial charge in [0, 0.05) is 25.6 Å². The van der Waals surface area contributed by atoms with E-state index in [-0.39, 0.29) is 24.2 Å². The van der Waals surface area contributed by atoms with Crippen LogP contribution in [0.1, 0.15) is 37.7 Å². The number of benzene rings is 1. The Balaban J connectivity index is 0.00000200. The van der Waals surface area contributed by atoms with E-state index >= 15 is 0 Å². The molecular formula is C16H25ClN2O. The van der Waals surface area contributed by atoms with Crippen LogP contribution in [0.4, 0.5) is 0 Å². The Labute approximate surface area is 127 Å². The molecule has 0 radical (unpaired) electrons. The van der Waals surface area contributed by atoms with Crippen molar-refractivity contribution >= 4 is 18.3 Å². The lowest BCUT2D eigenvalue weighted by molar-refractivity contribution is -0.134. The van der Waals surface area contributed by atoms with Crippen molar-refractivity contribution in [2.75, 3.05) is 19.6 Å². The average Bonchev–Trinajstić information content (AvgIpc) is 2.72. The molecule has 1 amide bonds. The number of hydrogen-bond acceptors (Lipinski definition) is 2. The van der Waals surface area contributed by atoms with Gasteiger partial charge in [-0.3, -0.25) is 4.79 Å². The van der Waals surface area contributed by atoms with Gasteiger partial charge in [-0.1, -0.05) is 37.3 Å². The first-order valence-corrected chi connectivity index (χ1v) is 7.26. The highest BCUT2D eigenvalue weighted by molar-refractivity contribution is 5.85. The molecule has 1 aromatic rings. The molecular weight excluding hydrogens is 272 g/mol. The van der Waals surface area contributed by atoms with Crippen LogP contribution >= 0.6 is 12.4 Å². The molecule has 0 saturated carbocycles. The number of halogens is 1. The van der Waals surface area contributed by atoms with E-state index in [9.17, 15) is 4.79 Å². The molecule has 1 aliphatic heterocycles. The van der Waals surface area contributed by atoms with Gasteiger partial charge in [0.2, 0.25) is 5.91 Å². The monoisotopic (exact) mass is 296 g/mol. The predicted molar refractivity (Wildman–Crippen MR) is 85.1 cm³/mol. The van der Waals surface area contributed by atoms with Gasteiger partial charge in [0.05, 0.1) is 0 Å². The largest absolute Gasteiger partial charge is 0.342 e. The average molecular weight is 297 g/mol. The highest BCUT2D eigenvalue weighted by atomic mass is 35.5. The van der Waals surface area contributed by atoms with Crippen LogP contribution in [0.3, 0.4) is 0 Å². The SMILES string of the molecule is CC(CN)C(=O)N1CCCC(c2ccccc2)CC1.Cl. The molecule has 1 fully saturated rings. The van der Waals surface area contributed by atoms with Crippen LogP contribution in [-0.4, -0.2) is 30.4 Å². The molecule has 1 aliphatic rings. The van der Waals surface area contributed by atoms with Crippen molar-refractivity contribution < 1.29 is 4.79 Å². The molecule has 3 nitrogen and oxygen atoms in total. The minimum Gasteiger partial charge on any atom is -0.342 e. The van der Waals surface area contributed by atoms with E-state index in [0.29, 0.717) is 12.5 Å². The Bertz CT molecular complexity index is 410. The second-order valence-electron chi connectivity index (χ2n) is 5.50. The minimum absolute atomic E-state index is 0. The molecule has 2 rings (SSSR count). The van der Waals surface area contributed by atoms with Gasteiger partial charge in [0.15, 0.2) is 0 Å². The summed E-state index contributed by atoms with van der Waals surface area (Å²) in [5.41, 5.74) is 7.00. The first-order valence-electron chi connectivity index (χ1n) is 7.26. The number of carbonyl (C=O) groups excluding carboxylic acids is 1. The van der Waals surface area contributed by atoms with Crippen LogP contribution in [0.15, 0.2) is 30.3 Å². The van der Waals surface area contributed by atoms with E-state index in [1.807, 2.05) is 11.8 Å². The zero-order chi connectivity index (χ0) is 13.7. The van der Waals surface area contributed by atoms with E-state index in [2.05, 4.69) is 30.3 Å². The summed E-state index contributed by atoms with van der Waals surface area (Å²) < 4.78 is 0. The van der Waals surface area contributed by atoms with Crippen molar-refractivity contribution in [2.45, 2.75) is 32.1 Å². The fourth-order valence-corrected chi connectivity index (χ4v) is 2.79. The van der Waals surface area contributed by atoms with Crippen LogP contribution in [-0.2, 0) is 4.79 Å². The van der Waals surface area contributed by atoms with E-state index < -0.39 is 0 Å². The normalized spacial score (nSPS) is 20.7. The molecule has 20 heavy (non-hydrogen) atoms. The predicted octanol–water partition coefficient (Wildman–Crippen LogP) is 2.80. The number of nitrogens with two attached hydrogens (primary N) is 1. The number of amides is 1. The molecule has 0 bridgehead atoms. The van der Waals surface area contributed by atoms with E-state index in [1.165, 1.54) is 12.0 Å². The zero-order valence-corrected chi connectivity index (χ0v) is 12.9. The summed E-state index contributed by atoms with van der Waals surface area (Å²) in [6.07, 6.45) is 3.32. The Morgan fingerprint density at radius 1 is 1.30 bits per heavy atom. The summed E-state index contributed by atoms with van der Waals surface area (Å²) in [6.45, 7) is 4.11. The lowest BCUT2D eigenvalue weighted by Crippen LogP contribution is -2.38. The highest BCUT2D eigenvalue weighted by Crippen LogP contribution is 2.28. The molecule has 4 heteroatoms. The van der Waals surface area contributed by atoms with E-state index in [4.69, 9.17) is 5.73 Å². The van der Waals surface area contributed by atoms with Gasteiger partial charge in [-0.15, -0.1) is 12.4 Å². The topological polar surface area (TPSA) is 46.3 Å². The quantitative estimate of drug-likeness (QED) is 0.932. The fourth-order valence-electron chi connectivity index (χ4n) is 2.79. The van der Waals surface area contributed by atoms with Gasteiger partial charge in [-0.2, -0.15) is 0 Å². The first kappa shape index (κ1) is 17.0. The van der Waals surface area contributed by atoms with Crippen molar-refractivity contribution in [3.05, 3.63) is 35.9 Å². The number of nitrogens with zero attached hydrogens (tertiary/aromatic N) is 1. The van der Waals surface area contributed by atoms with Crippen LogP contribution in [0.5, 0.6) is 0 Å². The standard InChI is InChI=1S/C16H24N2O.ClH/c1-13(12-17)16(19)18-10-5-8-15(9-11-18)14-6-3-2-4-7-14;/h2-4,6-7,13,15H,5,8-12,17H2,1H3;1H. The Morgan fingerprint density at radius 2 is 2.00 bits per heavy atom. The molecule has 0 spiro atoms. The number of rotatable bonds is 3. The molecule has 0 aromatic heterocycles. The minimum atomic E-state index is -0.0479. The van der Waals surface area contributed by atoms with Crippen LogP contribution < -0.4 is 5.73 Å². The Hall–Kier alpha value is -1.06. The van der Waals surface area contributed by atoms with E-state index in [1.54, 1.807) is 0 Å². The summed E-state index contributed by atoms with van der Waals surface area (Å²) >= 11 is 0. The third-order valence-electron chi connectivity index (χ3n) is 4.09. The summed E-state index contributed by atoms with van der Waals surface area (Å²) in [6, 6.07) is 10.6. The van der Waals surface area contributed by atoms with Crippen LogP contribution in [0.25, 0.3) is 0 Å². The summed E-state index contributed by atoms with van der Waals surface area (Å²) in [5.74, 6) is 0.761. The van der Waals surface area contributed by atoms with Gasteiger partial charge >= 0.3 is 0 Å². The van der Waals surface area contributed by atoms with E-state index in [0.717, 1.165) is 25.9 Å². The lowest BCUT2D eigenvalue weighted by Gasteiger charge is -2.23. The fraction of sp³-hybridized carbons (Fsp3) is 0.562. The molecule has 112 valence electrons. The summed E-state index contributed by atoms with van der Waals surface area (Å²) in [7, 11) is 0. The van der Waals surface area contributed by atoms with Gasteiger partial charge < -0.3 is 10.6 Å². The second-order valence-corrected chi connectivity index (χ2v) is 5.50. The lowest BCUT2D eigenvalue weighted by atomic mass is 9.92. The van der Waals surface area contributed by atoms with Gasteiger partial charge in [0.1, 0.15) is 0 Å². The third kappa shape index (κ3) is 4.22. The summed E-state index contributed by atoms with van der Waals surface area (Å²) in [4.78, 5) is 14.2. The Morgan fingerprint density at radius 3 is 2.65 bits per heavy atom. The molecule has 2 unspecified atom stereocenters. The van der Waals surface area contributed by atoms with Crippen LogP contribution in [0, 0.1) is 5.92 Å². The van der Waals surface area contributed by atoms with Gasteiger partial charge in [0.25, 0.3) is 0 Å². The molecule has 1 heterocycles. The molecule has 2 N–H and O–H groups in total. The molecule has 0 aliphatic carbocycles. The molecule has 1 saturated heterocycles. The van der Waals surface area contributed by atoms with Crippen molar-refractivity contribution in [2.24, 2.45) is 11.7 Å². The Kier molecular flexibility index (Phi) is 7.03. The first-order chi connectivity index (χ1) is 9.22. The van der Waals surface area contributed by atoms with Crippen molar-refractivity contribution in [3.63, 3.8) is 0 Å². The van der Waals surface area contributed by atoms with Gasteiger partial charge in [-0.05, 0) is 30.7 Å². The maximum Gasteiger partial charge on any atom is 0.226 e. The summed E-state index contributed by atoms with van der Waals surface area (Å²) in [5, 5.41) is 0. The maximum absolute atomic E-state index is 12.2. The highest BCUT2D eigenvalue weighted by Gasteiger charge is 2.23. The second kappa shape index (κ2) is 8.28. The van der Waals surface area contributed by atoms with Crippen LogP contribution in [0.2, 0.25) is 0 Å². The van der Waals surface area contributed by atoms with Crippen molar-refractivity contribution in [1.29, 1.82) is 0 Å².